The summed E-state index contributed by atoms with van der Waals surface area (Å²) in [7, 11) is 0. The fourth-order valence-corrected chi connectivity index (χ4v) is 1.21. The van der Waals surface area contributed by atoms with Gasteiger partial charge >= 0.3 is 5.97 Å². The number of Topliss-reactive ketones (excluding diaryl/α,β-unsaturated/α-hetero) is 1. The van der Waals surface area contributed by atoms with Crippen LogP contribution in [0.1, 0.15) is 18.4 Å². The zero-order valence-corrected chi connectivity index (χ0v) is 8.07. The highest BCUT2D eigenvalue weighted by molar-refractivity contribution is 5.84. The second-order valence-corrected chi connectivity index (χ2v) is 3.24. The first-order chi connectivity index (χ1) is 7.08. The summed E-state index contributed by atoms with van der Waals surface area (Å²) in [5.74, 6) is -1.58. The highest BCUT2D eigenvalue weighted by Crippen LogP contribution is 2.06. The van der Waals surface area contributed by atoms with E-state index >= 15 is 0 Å². The molecule has 15 heavy (non-hydrogen) atoms. The molecule has 1 N–H and O–H groups in total. The first-order valence-electron chi connectivity index (χ1n) is 4.56. The molecule has 3 nitrogen and oxygen atoms in total. The maximum Gasteiger partial charge on any atom is 0.303 e. The summed E-state index contributed by atoms with van der Waals surface area (Å²) in [5.41, 5.74) is 0.574. The molecule has 1 aromatic carbocycles. The summed E-state index contributed by atoms with van der Waals surface area (Å²) in [6.07, 6.45) is -0.0922. The van der Waals surface area contributed by atoms with Crippen molar-refractivity contribution in [1.29, 1.82) is 0 Å². The molecule has 0 saturated carbocycles. The van der Waals surface area contributed by atoms with Crippen LogP contribution in [-0.2, 0) is 16.0 Å². The van der Waals surface area contributed by atoms with Gasteiger partial charge in [-0.25, -0.2) is 4.39 Å². The molecule has 0 radical (unpaired) electrons. The predicted octanol–water partition coefficient (Wildman–Crippen LogP) is 1.80. The van der Waals surface area contributed by atoms with E-state index in [9.17, 15) is 14.0 Å². The van der Waals surface area contributed by atoms with Crippen LogP contribution in [0.2, 0.25) is 0 Å². The van der Waals surface area contributed by atoms with Crippen LogP contribution < -0.4 is 0 Å². The molecule has 0 heterocycles. The van der Waals surface area contributed by atoms with E-state index in [4.69, 9.17) is 5.11 Å². The lowest BCUT2D eigenvalue weighted by atomic mass is 10.1. The molecule has 0 unspecified atom stereocenters. The van der Waals surface area contributed by atoms with Gasteiger partial charge < -0.3 is 5.11 Å². The number of carbonyl (C=O) groups is 2. The van der Waals surface area contributed by atoms with Gasteiger partial charge in [0.15, 0.2) is 0 Å². The SMILES string of the molecule is O=C(O)CCC(=O)Cc1cccc(F)c1. The van der Waals surface area contributed by atoms with E-state index in [-0.39, 0.29) is 25.0 Å². The van der Waals surface area contributed by atoms with Crippen LogP contribution in [0.4, 0.5) is 4.39 Å². The van der Waals surface area contributed by atoms with Crippen LogP contribution in [0, 0.1) is 5.82 Å². The van der Waals surface area contributed by atoms with Crippen molar-refractivity contribution in [1.82, 2.24) is 0 Å². The number of aliphatic carboxylic acids is 1. The number of hydrogen-bond acceptors (Lipinski definition) is 2. The van der Waals surface area contributed by atoms with Gasteiger partial charge in [-0.05, 0) is 17.7 Å². The molecule has 0 saturated heterocycles. The standard InChI is InChI=1S/C11H11FO3/c12-9-3-1-2-8(6-9)7-10(13)4-5-11(14)15/h1-3,6H,4-5,7H2,(H,14,15). The third-order valence-corrected chi connectivity index (χ3v) is 1.91. The number of carboxylic acids is 1. The molecule has 1 aromatic rings. The summed E-state index contributed by atoms with van der Waals surface area (Å²) in [5, 5.41) is 8.36. The minimum Gasteiger partial charge on any atom is -0.481 e. The van der Waals surface area contributed by atoms with Gasteiger partial charge in [-0.15, -0.1) is 0 Å². The third-order valence-electron chi connectivity index (χ3n) is 1.91. The Morgan fingerprint density at radius 2 is 2.00 bits per heavy atom. The van der Waals surface area contributed by atoms with E-state index in [2.05, 4.69) is 0 Å². The van der Waals surface area contributed by atoms with Crippen LogP contribution >= 0.6 is 0 Å². The molecule has 0 spiro atoms. The monoisotopic (exact) mass is 210 g/mol. The van der Waals surface area contributed by atoms with Crippen LogP contribution in [0.15, 0.2) is 24.3 Å². The molecule has 0 amide bonds. The van der Waals surface area contributed by atoms with Crippen molar-refractivity contribution in [3.05, 3.63) is 35.6 Å². The fraction of sp³-hybridized carbons (Fsp3) is 0.273. The Kier molecular flexibility index (Phi) is 3.97. The molecule has 0 bridgehead atoms. The Hall–Kier alpha value is -1.71. The zero-order valence-electron chi connectivity index (χ0n) is 8.07. The fourth-order valence-electron chi connectivity index (χ4n) is 1.21. The molecule has 0 aliphatic carbocycles. The van der Waals surface area contributed by atoms with Gasteiger partial charge in [0.05, 0.1) is 6.42 Å². The zero-order chi connectivity index (χ0) is 11.3. The minimum atomic E-state index is -0.998. The van der Waals surface area contributed by atoms with E-state index in [1.807, 2.05) is 0 Å². The number of benzene rings is 1. The lowest BCUT2D eigenvalue weighted by Crippen LogP contribution is -2.06. The van der Waals surface area contributed by atoms with Gasteiger partial charge in [0.2, 0.25) is 0 Å². The van der Waals surface area contributed by atoms with Crippen LogP contribution in [0.3, 0.4) is 0 Å². The highest BCUT2D eigenvalue weighted by atomic mass is 19.1. The first kappa shape index (κ1) is 11.4. The maximum absolute atomic E-state index is 12.7. The van der Waals surface area contributed by atoms with Gasteiger partial charge in [-0.2, -0.15) is 0 Å². The van der Waals surface area contributed by atoms with Crippen LogP contribution in [0.25, 0.3) is 0 Å². The molecular formula is C11H11FO3. The second kappa shape index (κ2) is 5.24. The molecule has 0 aliphatic rings. The number of hydrogen-bond donors (Lipinski definition) is 1. The Labute approximate surface area is 86.5 Å². The molecule has 0 aliphatic heterocycles. The van der Waals surface area contributed by atoms with Crippen LogP contribution in [-0.4, -0.2) is 16.9 Å². The number of carbonyl (C=O) groups excluding carboxylic acids is 1. The Morgan fingerprint density at radius 3 is 2.60 bits per heavy atom. The normalized spacial score (nSPS) is 9.93. The van der Waals surface area contributed by atoms with Crippen molar-refractivity contribution in [3.63, 3.8) is 0 Å². The van der Waals surface area contributed by atoms with Gasteiger partial charge in [0.25, 0.3) is 0 Å². The molecule has 1 rings (SSSR count). The summed E-state index contributed by atoms with van der Waals surface area (Å²) < 4.78 is 12.7. The highest BCUT2D eigenvalue weighted by Gasteiger charge is 2.06. The lowest BCUT2D eigenvalue weighted by Gasteiger charge is -1.99. The molecule has 4 heteroatoms. The van der Waals surface area contributed by atoms with Crippen LogP contribution in [0.5, 0.6) is 0 Å². The van der Waals surface area contributed by atoms with E-state index in [0.717, 1.165) is 0 Å². The lowest BCUT2D eigenvalue weighted by molar-refractivity contribution is -0.138. The summed E-state index contributed by atoms with van der Waals surface area (Å²) in [6, 6.07) is 5.74. The summed E-state index contributed by atoms with van der Waals surface area (Å²) >= 11 is 0. The van der Waals surface area contributed by atoms with Crippen molar-refractivity contribution in [2.75, 3.05) is 0 Å². The van der Waals surface area contributed by atoms with Crippen molar-refractivity contribution in [3.8, 4) is 0 Å². The molecule has 0 aromatic heterocycles. The number of halogens is 1. The summed E-state index contributed by atoms with van der Waals surface area (Å²) in [4.78, 5) is 21.4. The minimum absolute atomic E-state index is 0.00809. The van der Waals surface area contributed by atoms with Gasteiger partial charge in [0, 0.05) is 12.8 Å². The largest absolute Gasteiger partial charge is 0.481 e. The Balaban J connectivity index is 2.48. The summed E-state index contributed by atoms with van der Waals surface area (Å²) in [6.45, 7) is 0. The molecule has 0 fully saturated rings. The molecule has 80 valence electrons. The molecular weight excluding hydrogens is 199 g/mol. The van der Waals surface area contributed by atoms with Gasteiger partial charge in [0.1, 0.15) is 11.6 Å². The van der Waals surface area contributed by atoms with E-state index in [1.165, 1.54) is 18.2 Å². The average Bonchev–Trinajstić information content (AvgIpc) is 2.15. The molecule has 0 atom stereocenters. The van der Waals surface area contributed by atoms with Crippen molar-refractivity contribution in [2.45, 2.75) is 19.3 Å². The topological polar surface area (TPSA) is 54.4 Å². The number of carboxylic acid groups (broad SMARTS) is 1. The van der Waals surface area contributed by atoms with E-state index < -0.39 is 11.8 Å². The van der Waals surface area contributed by atoms with Crippen molar-refractivity contribution < 1.29 is 19.1 Å². The smallest absolute Gasteiger partial charge is 0.303 e. The number of ketones is 1. The van der Waals surface area contributed by atoms with E-state index in [1.54, 1.807) is 6.07 Å². The Bertz CT molecular complexity index is 374. The number of rotatable bonds is 5. The predicted molar refractivity (Wildman–Crippen MR) is 52.0 cm³/mol. The quantitative estimate of drug-likeness (QED) is 0.806. The van der Waals surface area contributed by atoms with Crippen molar-refractivity contribution in [2.24, 2.45) is 0 Å². The first-order valence-corrected chi connectivity index (χ1v) is 4.56. The van der Waals surface area contributed by atoms with Gasteiger partial charge in [-0.1, -0.05) is 12.1 Å². The second-order valence-electron chi connectivity index (χ2n) is 3.24. The Morgan fingerprint density at radius 1 is 1.27 bits per heavy atom. The maximum atomic E-state index is 12.7. The van der Waals surface area contributed by atoms with Gasteiger partial charge in [-0.3, -0.25) is 9.59 Å². The van der Waals surface area contributed by atoms with Crippen molar-refractivity contribution >= 4 is 11.8 Å². The van der Waals surface area contributed by atoms with E-state index in [0.29, 0.717) is 5.56 Å². The third kappa shape index (κ3) is 4.35. The average molecular weight is 210 g/mol.